The van der Waals surface area contributed by atoms with Crippen molar-refractivity contribution < 1.29 is 19.1 Å². The van der Waals surface area contributed by atoms with Crippen molar-refractivity contribution in [3.05, 3.63) is 94.0 Å². The van der Waals surface area contributed by atoms with Crippen LogP contribution >= 0.6 is 0 Å². The number of fused-ring (bicyclic) bond motifs is 4. The first kappa shape index (κ1) is 24.9. The van der Waals surface area contributed by atoms with Crippen LogP contribution < -0.4 is 14.8 Å². The van der Waals surface area contributed by atoms with Crippen LogP contribution in [0.2, 0.25) is 0 Å². The van der Waals surface area contributed by atoms with Gasteiger partial charge in [-0.2, -0.15) is 0 Å². The zero-order valence-corrected chi connectivity index (χ0v) is 21.8. The Hall–Kier alpha value is -3.80. The van der Waals surface area contributed by atoms with Crippen LogP contribution in [0.3, 0.4) is 0 Å². The van der Waals surface area contributed by atoms with E-state index in [1.165, 1.54) is 11.1 Å². The Balaban J connectivity index is 1.52. The number of hydrogen-bond acceptors (Lipinski definition) is 4. The van der Waals surface area contributed by atoms with Crippen LogP contribution in [0, 0.1) is 6.92 Å². The number of rotatable bonds is 8. The Morgan fingerprint density at radius 2 is 1.73 bits per heavy atom. The highest BCUT2D eigenvalue weighted by Gasteiger charge is 2.46. The van der Waals surface area contributed by atoms with Crippen molar-refractivity contribution >= 4 is 11.8 Å². The minimum absolute atomic E-state index is 0.0260. The summed E-state index contributed by atoms with van der Waals surface area (Å²) in [5.41, 5.74) is 5.83. The predicted octanol–water partition coefficient (Wildman–Crippen LogP) is 4.99. The first-order chi connectivity index (χ1) is 18.0. The van der Waals surface area contributed by atoms with Gasteiger partial charge in [-0.1, -0.05) is 48.0 Å². The predicted molar refractivity (Wildman–Crippen MR) is 143 cm³/mol. The van der Waals surface area contributed by atoms with Gasteiger partial charge in [0, 0.05) is 18.7 Å². The van der Waals surface area contributed by atoms with Crippen molar-refractivity contribution in [2.45, 2.75) is 45.6 Å². The number of nitrogens with zero attached hydrogens (tertiary/aromatic N) is 1. The smallest absolute Gasteiger partial charge is 0.254 e. The molecule has 2 amide bonds. The molecule has 1 N–H and O–H groups in total. The van der Waals surface area contributed by atoms with E-state index < -0.39 is 12.0 Å². The fraction of sp³-hybridized carbons (Fsp3) is 0.355. The third-order valence-corrected chi connectivity index (χ3v) is 7.26. The quantitative estimate of drug-likeness (QED) is 0.475. The summed E-state index contributed by atoms with van der Waals surface area (Å²) in [5.74, 6) is 0.746. The topological polar surface area (TPSA) is 67.9 Å². The molecule has 0 aliphatic carbocycles. The molecule has 6 heteroatoms. The van der Waals surface area contributed by atoms with E-state index in [-0.39, 0.29) is 11.8 Å². The molecule has 5 rings (SSSR count). The lowest BCUT2D eigenvalue weighted by Gasteiger charge is -2.45. The maximum Gasteiger partial charge on any atom is 0.254 e. The molecule has 6 nitrogen and oxygen atoms in total. The van der Waals surface area contributed by atoms with Gasteiger partial charge in [0.1, 0.15) is 0 Å². The number of aryl methyl sites for hydroxylation is 1. The van der Waals surface area contributed by atoms with E-state index in [2.05, 4.69) is 30.4 Å². The molecule has 0 saturated carbocycles. The second-order valence-corrected chi connectivity index (χ2v) is 9.65. The lowest BCUT2D eigenvalue weighted by atomic mass is 9.75. The lowest BCUT2D eigenvalue weighted by molar-refractivity contribution is -0.124. The van der Waals surface area contributed by atoms with Gasteiger partial charge in [0.05, 0.1) is 25.2 Å². The molecule has 0 saturated heterocycles. The summed E-state index contributed by atoms with van der Waals surface area (Å²) < 4.78 is 11.8. The number of benzene rings is 3. The van der Waals surface area contributed by atoms with E-state index in [1.807, 2.05) is 61.2 Å². The summed E-state index contributed by atoms with van der Waals surface area (Å²) in [6.45, 7) is 8.07. The second kappa shape index (κ2) is 10.7. The summed E-state index contributed by atoms with van der Waals surface area (Å²) in [4.78, 5) is 29.3. The lowest BCUT2D eigenvalue weighted by Crippen LogP contribution is -2.50. The van der Waals surface area contributed by atoms with E-state index in [0.717, 1.165) is 23.1 Å². The van der Waals surface area contributed by atoms with E-state index in [4.69, 9.17) is 9.47 Å². The van der Waals surface area contributed by atoms with Crippen molar-refractivity contribution in [2.75, 3.05) is 26.3 Å². The van der Waals surface area contributed by atoms with Crippen molar-refractivity contribution in [1.29, 1.82) is 0 Å². The van der Waals surface area contributed by atoms with Gasteiger partial charge in [-0.05, 0) is 74.1 Å². The second-order valence-electron chi connectivity index (χ2n) is 9.65. The molecule has 3 aromatic carbocycles. The first-order valence-corrected chi connectivity index (χ1v) is 13.2. The fourth-order valence-electron chi connectivity index (χ4n) is 5.66. The minimum atomic E-state index is -0.516. The Morgan fingerprint density at radius 3 is 2.49 bits per heavy atom. The van der Waals surface area contributed by atoms with Crippen LogP contribution in [0.4, 0.5) is 0 Å². The molecule has 37 heavy (non-hydrogen) atoms. The summed E-state index contributed by atoms with van der Waals surface area (Å²) in [7, 11) is 0. The molecule has 3 aromatic rings. The zero-order valence-electron chi connectivity index (χ0n) is 21.8. The summed E-state index contributed by atoms with van der Waals surface area (Å²) in [5, 5.41) is 3.18. The highest BCUT2D eigenvalue weighted by Crippen LogP contribution is 2.48. The normalized spacial score (nSPS) is 17.9. The van der Waals surface area contributed by atoms with Gasteiger partial charge in [0.25, 0.3) is 5.91 Å². The van der Waals surface area contributed by atoms with Crippen LogP contribution in [0.25, 0.3) is 0 Å². The Bertz CT molecular complexity index is 1320. The van der Waals surface area contributed by atoms with Crippen LogP contribution in [0.15, 0.2) is 60.7 Å². The molecule has 2 aliphatic rings. The highest BCUT2D eigenvalue weighted by molar-refractivity contribution is 6.01. The Labute approximate surface area is 218 Å². The molecule has 2 aliphatic heterocycles. The Morgan fingerprint density at radius 1 is 0.973 bits per heavy atom. The maximum atomic E-state index is 13.9. The van der Waals surface area contributed by atoms with Crippen LogP contribution in [-0.4, -0.2) is 43.0 Å². The third-order valence-electron chi connectivity index (χ3n) is 7.26. The summed E-state index contributed by atoms with van der Waals surface area (Å²) >= 11 is 0. The molecule has 0 bridgehead atoms. The van der Waals surface area contributed by atoms with Gasteiger partial charge in [-0.15, -0.1) is 0 Å². The SMILES string of the molecule is CCOc1cc2c(cc1OCC)[C@@H]1[C@@H](C(=O)NCCc3cccc(C)c3)c3ccccc3C(=O)N1CC2. The zero-order chi connectivity index (χ0) is 25.9. The van der Waals surface area contributed by atoms with Gasteiger partial charge in [-0.25, -0.2) is 0 Å². The molecular weight excluding hydrogens is 464 g/mol. The van der Waals surface area contributed by atoms with Crippen LogP contribution in [-0.2, 0) is 17.6 Å². The van der Waals surface area contributed by atoms with E-state index in [1.54, 1.807) is 0 Å². The van der Waals surface area contributed by atoms with Gasteiger partial charge in [0.2, 0.25) is 5.91 Å². The first-order valence-electron chi connectivity index (χ1n) is 13.2. The number of carbonyl (C=O) groups is 2. The molecule has 2 heterocycles. The van der Waals surface area contributed by atoms with E-state index in [9.17, 15) is 9.59 Å². The average Bonchev–Trinajstić information content (AvgIpc) is 2.89. The molecule has 0 radical (unpaired) electrons. The van der Waals surface area contributed by atoms with Gasteiger partial charge >= 0.3 is 0 Å². The molecular formula is C31H34N2O4. The van der Waals surface area contributed by atoms with Gasteiger partial charge in [0.15, 0.2) is 11.5 Å². The number of nitrogens with one attached hydrogen (secondary N) is 1. The van der Waals surface area contributed by atoms with Gasteiger partial charge < -0.3 is 19.7 Å². The summed E-state index contributed by atoms with van der Waals surface area (Å²) in [6, 6.07) is 19.5. The fourth-order valence-corrected chi connectivity index (χ4v) is 5.66. The molecule has 0 fully saturated rings. The largest absolute Gasteiger partial charge is 0.490 e. The number of amides is 2. The van der Waals surface area contributed by atoms with Gasteiger partial charge in [-0.3, -0.25) is 9.59 Å². The number of hydrogen-bond donors (Lipinski definition) is 1. The highest BCUT2D eigenvalue weighted by atomic mass is 16.5. The molecule has 2 atom stereocenters. The van der Waals surface area contributed by atoms with E-state index in [0.29, 0.717) is 49.8 Å². The van der Waals surface area contributed by atoms with Crippen molar-refractivity contribution in [1.82, 2.24) is 10.2 Å². The molecule has 0 spiro atoms. The molecule has 0 unspecified atom stereocenters. The number of carbonyl (C=O) groups excluding carboxylic acids is 2. The third kappa shape index (κ3) is 4.80. The van der Waals surface area contributed by atoms with Crippen molar-refractivity contribution in [3.8, 4) is 11.5 Å². The van der Waals surface area contributed by atoms with E-state index >= 15 is 0 Å². The van der Waals surface area contributed by atoms with Crippen molar-refractivity contribution in [2.24, 2.45) is 0 Å². The van der Waals surface area contributed by atoms with Crippen molar-refractivity contribution in [3.63, 3.8) is 0 Å². The summed E-state index contributed by atoms with van der Waals surface area (Å²) in [6.07, 6.45) is 1.45. The molecule has 192 valence electrons. The van der Waals surface area contributed by atoms with Crippen LogP contribution in [0.5, 0.6) is 11.5 Å². The maximum absolute atomic E-state index is 13.9. The number of ether oxygens (including phenoxy) is 2. The Kier molecular flexibility index (Phi) is 7.17. The molecule has 0 aromatic heterocycles. The van der Waals surface area contributed by atoms with Crippen LogP contribution in [0.1, 0.15) is 64.0 Å². The average molecular weight is 499 g/mol. The minimum Gasteiger partial charge on any atom is -0.490 e. The monoisotopic (exact) mass is 498 g/mol. The standard InChI is InChI=1S/C31H34N2O4/c1-4-36-26-18-22-14-16-33-29(25(22)19-27(26)37-5-2)28(23-11-6-7-12-24(23)31(33)35)30(34)32-15-13-21-10-8-9-20(3)17-21/h6-12,17-19,28-29H,4-5,13-16H2,1-3H3,(H,32,34)/t28-,29+/m0/s1.